The van der Waals surface area contributed by atoms with Crippen LogP contribution in [0.15, 0.2) is 33.3 Å². The van der Waals surface area contributed by atoms with Gasteiger partial charge in [0, 0.05) is 4.88 Å². The van der Waals surface area contributed by atoms with Crippen molar-refractivity contribution < 1.29 is 18.4 Å². The molecule has 3 heterocycles. The molecule has 0 aromatic carbocycles. The first-order valence-electron chi connectivity index (χ1n) is 9.05. The number of carbonyl (C=O) groups is 1. The summed E-state index contributed by atoms with van der Waals surface area (Å²) in [6.45, 7) is 6.79. The molecular formula is C20H22N2O4S. The van der Waals surface area contributed by atoms with E-state index >= 15 is 0 Å². The van der Waals surface area contributed by atoms with E-state index in [0.717, 1.165) is 12.8 Å². The van der Waals surface area contributed by atoms with E-state index < -0.39 is 0 Å². The predicted molar refractivity (Wildman–Crippen MR) is 100 cm³/mol. The summed E-state index contributed by atoms with van der Waals surface area (Å²) in [6.07, 6.45) is 4.76. The summed E-state index contributed by atoms with van der Waals surface area (Å²) < 4.78 is 16.0. The Hall–Kier alpha value is -2.41. The quantitative estimate of drug-likeness (QED) is 0.594. The number of nitrogens with zero attached hydrogens (tertiary/aromatic N) is 2. The summed E-state index contributed by atoms with van der Waals surface area (Å²) in [5.74, 6) is 1.29. The first-order valence-corrected chi connectivity index (χ1v) is 9.87. The van der Waals surface area contributed by atoms with Gasteiger partial charge >= 0.3 is 5.97 Å². The van der Waals surface area contributed by atoms with Crippen LogP contribution in [0.2, 0.25) is 0 Å². The Kier molecular flexibility index (Phi) is 4.63. The molecule has 0 N–H and O–H groups in total. The maximum Gasteiger partial charge on any atom is 0.348 e. The van der Waals surface area contributed by atoms with Crippen LogP contribution in [0, 0.1) is 11.3 Å². The molecule has 6 nitrogen and oxygen atoms in total. The number of rotatable bonds is 4. The van der Waals surface area contributed by atoms with E-state index in [4.69, 9.17) is 13.6 Å². The van der Waals surface area contributed by atoms with Gasteiger partial charge in [0.2, 0.25) is 0 Å². The lowest BCUT2D eigenvalue weighted by atomic mass is 9.72. The summed E-state index contributed by atoms with van der Waals surface area (Å²) in [7, 11) is 0. The minimum Gasteiger partial charge on any atom is -0.459 e. The van der Waals surface area contributed by atoms with Crippen molar-refractivity contribution in [2.75, 3.05) is 0 Å². The van der Waals surface area contributed by atoms with Crippen LogP contribution >= 0.6 is 11.3 Å². The average molecular weight is 386 g/mol. The van der Waals surface area contributed by atoms with Gasteiger partial charge in [-0.05, 0) is 54.4 Å². The molecule has 4 rings (SSSR count). The molecule has 7 heteroatoms. The SMILES string of the molecule is CC(C)(C)[C@@H]1CCc2sc(C(=O)OCc3nnc(-c4ccco4)o3)cc2C1. The summed E-state index contributed by atoms with van der Waals surface area (Å²) in [6, 6.07) is 5.45. The standard InChI is InChI=1S/C20H22N2O4S/c1-20(2,3)13-6-7-15-12(9-13)10-16(27-15)19(23)25-11-17-21-22-18(26-17)14-5-4-8-24-14/h4-5,8,10,13H,6-7,9,11H2,1-3H3/t13-/m1/s1. The largest absolute Gasteiger partial charge is 0.459 e. The number of carbonyl (C=O) groups excluding carboxylic acids is 1. The highest BCUT2D eigenvalue weighted by Gasteiger charge is 2.30. The van der Waals surface area contributed by atoms with Crippen molar-refractivity contribution in [2.24, 2.45) is 11.3 Å². The highest BCUT2D eigenvalue weighted by atomic mass is 32.1. The number of furan rings is 1. The Morgan fingerprint density at radius 3 is 2.96 bits per heavy atom. The second-order valence-electron chi connectivity index (χ2n) is 7.92. The lowest BCUT2D eigenvalue weighted by Crippen LogP contribution is -2.26. The molecule has 1 aliphatic carbocycles. The summed E-state index contributed by atoms with van der Waals surface area (Å²) in [5.41, 5.74) is 1.57. The van der Waals surface area contributed by atoms with E-state index in [2.05, 4.69) is 31.0 Å². The molecule has 0 spiro atoms. The van der Waals surface area contributed by atoms with Gasteiger partial charge in [-0.1, -0.05) is 20.8 Å². The van der Waals surface area contributed by atoms with Crippen molar-refractivity contribution in [3.05, 3.63) is 45.7 Å². The van der Waals surface area contributed by atoms with Crippen LogP contribution in [0.1, 0.15) is 53.2 Å². The third kappa shape index (κ3) is 3.83. The van der Waals surface area contributed by atoms with Crippen molar-refractivity contribution in [1.29, 1.82) is 0 Å². The van der Waals surface area contributed by atoms with Gasteiger partial charge in [0.1, 0.15) is 4.88 Å². The zero-order chi connectivity index (χ0) is 19.0. The first kappa shape index (κ1) is 18.0. The zero-order valence-electron chi connectivity index (χ0n) is 15.7. The molecule has 1 aliphatic rings. The van der Waals surface area contributed by atoms with E-state index in [1.807, 2.05) is 6.07 Å². The fourth-order valence-electron chi connectivity index (χ4n) is 3.37. The van der Waals surface area contributed by atoms with Gasteiger partial charge in [-0.2, -0.15) is 0 Å². The van der Waals surface area contributed by atoms with Crippen LogP contribution in [0.25, 0.3) is 11.7 Å². The van der Waals surface area contributed by atoms with E-state index in [-0.39, 0.29) is 29.8 Å². The van der Waals surface area contributed by atoms with Crippen molar-refractivity contribution >= 4 is 17.3 Å². The molecule has 0 fully saturated rings. The Morgan fingerprint density at radius 1 is 1.37 bits per heavy atom. The molecule has 1 atom stereocenters. The van der Waals surface area contributed by atoms with Crippen LogP contribution in [-0.2, 0) is 24.2 Å². The Balaban J connectivity index is 1.39. The highest BCUT2D eigenvalue weighted by Crippen LogP contribution is 2.40. The molecule has 0 radical (unpaired) electrons. The molecule has 0 amide bonds. The molecule has 0 aliphatic heterocycles. The van der Waals surface area contributed by atoms with Gasteiger partial charge in [0.25, 0.3) is 11.8 Å². The summed E-state index contributed by atoms with van der Waals surface area (Å²) in [4.78, 5) is 14.4. The number of esters is 1. The van der Waals surface area contributed by atoms with Gasteiger partial charge in [0.05, 0.1) is 6.26 Å². The Morgan fingerprint density at radius 2 is 2.22 bits per heavy atom. The molecule has 27 heavy (non-hydrogen) atoms. The second-order valence-corrected chi connectivity index (χ2v) is 9.06. The maximum absolute atomic E-state index is 12.4. The molecular weight excluding hydrogens is 364 g/mol. The molecule has 3 aromatic rings. The van der Waals surface area contributed by atoms with Gasteiger partial charge in [-0.25, -0.2) is 4.79 Å². The highest BCUT2D eigenvalue weighted by molar-refractivity contribution is 7.14. The number of hydrogen-bond acceptors (Lipinski definition) is 7. The fraction of sp³-hybridized carbons (Fsp3) is 0.450. The summed E-state index contributed by atoms with van der Waals surface area (Å²) >= 11 is 1.54. The number of hydrogen-bond donors (Lipinski definition) is 0. The van der Waals surface area contributed by atoms with Crippen molar-refractivity contribution in [2.45, 2.75) is 46.6 Å². The van der Waals surface area contributed by atoms with E-state index in [1.165, 1.54) is 34.5 Å². The lowest BCUT2D eigenvalue weighted by molar-refractivity contribution is 0.0444. The smallest absolute Gasteiger partial charge is 0.348 e. The minimum atomic E-state index is -0.348. The topological polar surface area (TPSA) is 78.4 Å². The minimum absolute atomic E-state index is 0.0558. The molecule has 3 aromatic heterocycles. The van der Waals surface area contributed by atoms with Crippen LogP contribution in [0.4, 0.5) is 0 Å². The molecule has 0 bridgehead atoms. The van der Waals surface area contributed by atoms with Crippen LogP contribution in [0.3, 0.4) is 0 Å². The van der Waals surface area contributed by atoms with Crippen LogP contribution in [-0.4, -0.2) is 16.2 Å². The Bertz CT molecular complexity index is 934. The van der Waals surface area contributed by atoms with Crippen LogP contribution < -0.4 is 0 Å². The monoisotopic (exact) mass is 386 g/mol. The average Bonchev–Trinajstić information content (AvgIpc) is 3.37. The van der Waals surface area contributed by atoms with E-state index in [9.17, 15) is 4.79 Å². The normalized spacial score (nSPS) is 16.9. The molecule has 0 unspecified atom stereocenters. The lowest BCUT2D eigenvalue weighted by Gasteiger charge is -2.33. The number of aryl methyl sites for hydroxylation is 1. The number of thiophene rings is 1. The van der Waals surface area contributed by atoms with Gasteiger partial charge < -0.3 is 13.6 Å². The van der Waals surface area contributed by atoms with Crippen molar-refractivity contribution in [1.82, 2.24) is 10.2 Å². The van der Waals surface area contributed by atoms with Gasteiger partial charge in [-0.15, -0.1) is 21.5 Å². The predicted octanol–water partition coefficient (Wildman–Crippen LogP) is 4.90. The zero-order valence-corrected chi connectivity index (χ0v) is 16.5. The fourth-order valence-corrected chi connectivity index (χ4v) is 4.48. The van der Waals surface area contributed by atoms with Crippen LogP contribution in [0.5, 0.6) is 0 Å². The number of aromatic nitrogens is 2. The second kappa shape index (κ2) is 6.96. The van der Waals surface area contributed by atoms with Crippen molar-refractivity contribution in [3.63, 3.8) is 0 Å². The van der Waals surface area contributed by atoms with Gasteiger partial charge in [0.15, 0.2) is 12.4 Å². The van der Waals surface area contributed by atoms with E-state index in [1.54, 1.807) is 12.1 Å². The summed E-state index contributed by atoms with van der Waals surface area (Å²) in [5, 5.41) is 7.78. The molecule has 0 saturated heterocycles. The Labute approximate surface area is 161 Å². The number of ether oxygens (including phenoxy) is 1. The van der Waals surface area contributed by atoms with Crippen molar-refractivity contribution in [3.8, 4) is 11.7 Å². The third-order valence-electron chi connectivity index (χ3n) is 5.03. The maximum atomic E-state index is 12.4. The third-order valence-corrected chi connectivity index (χ3v) is 6.25. The number of fused-ring (bicyclic) bond motifs is 1. The van der Waals surface area contributed by atoms with Gasteiger partial charge in [-0.3, -0.25) is 0 Å². The first-order chi connectivity index (χ1) is 12.9. The molecule has 142 valence electrons. The molecule has 0 saturated carbocycles. The van der Waals surface area contributed by atoms with E-state index in [0.29, 0.717) is 16.6 Å².